The van der Waals surface area contributed by atoms with Crippen LogP contribution < -0.4 is 15.1 Å². The van der Waals surface area contributed by atoms with Crippen LogP contribution >= 0.6 is 0 Å². The molecule has 4 rings (SSSR count). The first-order valence-corrected chi connectivity index (χ1v) is 12.2. The summed E-state index contributed by atoms with van der Waals surface area (Å²) in [7, 11) is 2.11. The van der Waals surface area contributed by atoms with Gasteiger partial charge in [0.2, 0.25) is 0 Å². The first kappa shape index (κ1) is 24.0. The highest BCUT2D eigenvalue weighted by molar-refractivity contribution is 6.32. The van der Waals surface area contributed by atoms with Gasteiger partial charge in [0, 0.05) is 17.7 Å². The van der Waals surface area contributed by atoms with Gasteiger partial charge in [0.15, 0.2) is 0 Å². The summed E-state index contributed by atoms with van der Waals surface area (Å²) < 4.78 is 6.08. The number of benzene rings is 2. The lowest BCUT2D eigenvalue weighted by Crippen LogP contribution is -2.28. The SMILES string of the molecule is Bc1ccc(CN2C(=C)N=C(C3=C=C=C(C(C)(C)C)CC3)c3cc(OCC(C)C)ccc32)cc1. The van der Waals surface area contributed by atoms with Crippen molar-refractivity contribution in [2.75, 3.05) is 11.5 Å². The second-order valence-corrected chi connectivity index (χ2v) is 10.8. The molecule has 2 aliphatic rings. The van der Waals surface area contributed by atoms with Crippen LogP contribution in [0, 0.1) is 11.3 Å². The van der Waals surface area contributed by atoms with Crippen LogP contribution in [0.5, 0.6) is 5.75 Å². The molecule has 174 valence electrons. The molecule has 2 aromatic carbocycles. The van der Waals surface area contributed by atoms with E-state index in [0.717, 1.165) is 53.5 Å². The first-order chi connectivity index (χ1) is 16.1. The van der Waals surface area contributed by atoms with E-state index in [1.165, 1.54) is 16.6 Å². The van der Waals surface area contributed by atoms with Crippen molar-refractivity contribution in [1.29, 1.82) is 0 Å². The first-order valence-electron chi connectivity index (χ1n) is 12.2. The molecule has 0 aromatic heterocycles. The molecule has 0 radical (unpaired) electrons. The second-order valence-electron chi connectivity index (χ2n) is 10.8. The third-order valence-electron chi connectivity index (χ3n) is 6.29. The Balaban J connectivity index is 1.78. The van der Waals surface area contributed by atoms with Crippen LogP contribution in [0.25, 0.3) is 0 Å². The maximum atomic E-state index is 6.08. The van der Waals surface area contributed by atoms with Crippen molar-refractivity contribution < 1.29 is 4.74 Å². The van der Waals surface area contributed by atoms with Crippen LogP contribution in [0.4, 0.5) is 5.69 Å². The Morgan fingerprint density at radius 2 is 1.82 bits per heavy atom. The van der Waals surface area contributed by atoms with E-state index in [1.54, 1.807) is 0 Å². The Morgan fingerprint density at radius 3 is 2.44 bits per heavy atom. The van der Waals surface area contributed by atoms with Crippen molar-refractivity contribution >= 4 is 24.7 Å². The Hall–Kier alpha value is -3.19. The minimum absolute atomic E-state index is 0.108. The number of allylic oxidation sites excluding steroid dienone is 2. The lowest BCUT2D eigenvalue weighted by Gasteiger charge is -2.32. The molecule has 0 unspecified atom stereocenters. The average Bonchev–Trinajstić information content (AvgIpc) is 2.80. The molecular weight excluding hydrogens is 415 g/mol. The summed E-state index contributed by atoms with van der Waals surface area (Å²) in [5, 5.41) is 0. The van der Waals surface area contributed by atoms with Crippen LogP contribution in [-0.2, 0) is 6.54 Å². The van der Waals surface area contributed by atoms with Crippen molar-refractivity contribution in [3.8, 4) is 5.75 Å². The van der Waals surface area contributed by atoms with Gasteiger partial charge in [-0.3, -0.25) is 0 Å². The molecule has 2 aromatic rings. The zero-order chi connectivity index (χ0) is 24.5. The molecule has 0 fully saturated rings. The van der Waals surface area contributed by atoms with Crippen molar-refractivity contribution in [1.82, 2.24) is 0 Å². The van der Waals surface area contributed by atoms with Gasteiger partial charge in [-0.2, -0.15) is 0 Å². The minimum atomic E-state index is 0.108. The van der Waals surface area contributed by atoms with Crippen LogP contribution in [0.1, 0.15) is 58.6 Å². The molecule has 1 aliphatic heterocycles. The van der Waals surface area contributed by atoms with E-state index < -0.39 is 0 Å². The van der Waals surface area contributed by atoms with Crippen LogP contribution in [0.15, 0.2) is 82.5 Å². The summed E-state index contributed by atoms with van der Waals surface area (Å²) in [4.78, 5) is 7.20. The van der Waals surface area contributed by atoms with E-state index in [2.05, 4.69) is 108 Å². The minimum Gasteiger partial charge on any atom is -0.493 e. The number of rotatable bonds is 6. The summed E-state index contributed by atoms with van der Waals surface area (Å²) >= 11 is 0. The largest absolute Gasteiger partial charge is 0.493 e. The van der Waals surface area contributed by atoms with Gasteiger partial charge in [-0.25, -0.2) is 4.99 Å². The van der Waals surface area contributed by atoms with Crippen LogP contribution in [-0.4, -0.2) is 20.2 Å². The fraction of sp³-hybridized carbons (Fsp3) is 0.367. The van der Waals surface area contributed by atoms with E-state index in [-0.39, 0.29) is 5.41 Å². The van der Waals surface area contributed by atoms with Gasteiger partial charge in [0.25, 0.3) is 0 Å². The van der Waals surface area contributed by atoms with Gasteiger partial charge < -0.3 is 9.64 Å². The van der Waals surface area contributed by atoms with Crippen molar-refractivity contribution in [3.63, 3.8) is 0 Å². The van der Waals surface area contributed by atoms with Crippen LogP contribution in [0.2, 0.25) is 0 Å². The molecule has 0 spiro atoms. The number of nitrogens with zero attached hydrogens (tertiary/aromatic N) is 2. The summed E-state index contributed by atoms with van der Waals surface area (Å²) in [6, 6.07) is 15.0. The molecule has 1 heterocycles. The fourth-order valence-electron chi connectivity index (χ4n) is 4.23. The summed E-state index contributed by atoms with van der Waals surface area (Å²) in [5.41, 5.74) is 15.0. The van der Waals surface area contributed by atoms with E-state index in [9.17, 15) is 0 Å². The maximum Gasteiger partial charge on any atom is 0.139 e. The van der Waals surface area contributed by atoms with Crippen molar-refractivity contribution in [2.24, 2.45) is 16.3 Å². The zero-order valence-electron chi connectivity index (χ0n) is 21.5. The smallest absolute Gasteiger partial charge is 0.139 e. The maximum absolute atomic E-state index is 6.08. The molecule has 0 saturated carbocycles. The molecule has 0 amide bonds. The van der Waals surface area contributed by atoms with Crippen molar-refractivity contribution in [3.05, 3.63) is 88.6 Å². The number of hydrogen-bond acceptors (Lipinski definition) is 3. The lowest BCUT2D eigenvalue weighted by molar-refractivity contribution is 0.271. The molecule has 4 heteroatoms. The molecule has 3 nitrogen and oxygen atoms in total. The van der Waals surface area contributed by atoms with Gasteiger partial charge in [-0.15, -0.1) is 0 Å². The summed E-state index contributed by atoms with van der Waals surface area (Å²) in [6.07, 6.45) is 1.88. The number of ether oxygens (including phenoxy) is 1. The molecule has 1 aliphatic carbocycles. The summed E-state index contributed by atoms with van der Waals surface area (Å²) in [6.45, 7) is 16.8. The third kappa shape index (κ3) is 5.31. The van der Waals surface area contributed by atoms with E-state index in [4.69, 9.17) is 9.73 Å². The highest BCUT2D eigenvalue weighted by Gasteiger charge is 2.28. The third-order valence-corrected chi connectivity index (χ3v) is 6.29. The average molecular weight is 450 g/mol. The molecule has 0 saturated heterocycles. The monoisotopic (exact) mass is 450 g/mol. The van der Waals surface area contributed by atoms with E-state index in [1.807, 2.05) is 0 Å². The van der Waals surface area contributed by atoms with E-state index in [0.29, 0.717) is 12.5 Å². The van der Waals surface area contributed by atoms with Crippen LogP contribution in [0.3, 0.4) is 0 Å². The molecule has 34 heavy (non-hydrogen) atoms. The number of anilines is 1. The topological polar surface area (TPSA) is 24.8 Å². The highest BCUT2D eigenvalue weighted by atomic mass is 16.5. The molecule has 0 atom stereocenters. The number of hydrogen-bond donors (Lipinski definition) is 0. The van der Waals surface area contributed by atoms with Gasteiger partial charge in [-0.1, -0.05) is 82.4 Å². The fourth-order valence-corrected chi connectivity index (χ4v) is 4.23. The van der Waals surface area contributed by atoms with E-state index >= 15 is 0 Å². The van der Waals surface area contributed by atoms with Gasteiger partial charge >= 0.3 is 0 Å². The standard InChI is InChI=1S/C30H35BN2O/c1-20(2)19-34-26-15-16-28-27(17-26)29(23-9-11-24(12-10-23)30(4,5)6)32-21(3)33(28)18-22-7-13-25(31)14-8-22/h7-8,13-17,20H,3,9,11,18-19,31H2,1-2,4-6H3. The number of fused-ring (bicyclic) bond motifs is 1. The second kappa shape index (κ2) is 9.59. The molecule has 0 bridgehead atoms. The summed E-state index contributed by atoms with van der Waals surface area (Å²) in [5.74, 6) is 2.08. The molecular formula is C30H35BN2O. The normalized spacial score (nSPS) is 15.6. The highest BCUT2D eigenvalue weighted by Crippen LogP contribution is 2.38. The Bertz CT molecular complexity index is 1230. The predicted molar refractivity (Wildman–Crippen MR) is 146 cm³/mol. The Kier molecular flexibility index (Phi) is 6.75. The quantitative estimate of drug-likeness (QED) is 0.416. The lowest BCUT2D eigenvalue weighted by atomic mass is 9.81. The van der Waals surface area contributed by atoms with Gasteiger partial charge in [0.05, 0.1) is 18.0 Å². The molecule has 0 N–H and O–H groups in total. The Labute approximate surface area is 205 Å². The number of aliphatic imine (C=N–C) groups is 1. The zero-order valence-corrected chi connectivity index (χ0v) is 21.5. The van der Waals surface area contributed by atoms with Crippen molar-refractivity contribution in [2.45, 2.75) is 54.0 Å². The van der Waals surface area contributed by atoms with Gasteiger partial charge in [0.1, 0.15) is 19.4 Å². The van der Waals surface area contributed by atoms with Gasteiger partial charge in [-0.05, 0) is 53.5 Å². The Morgan fingerprint density at radius 1 is 1.09 bits per heavy atom. The predicted octanol–water partition coefficient (Wildman–Crippen LogP) is 5.71.